The molecule has 3 heterocycles. The summed E-state index contributed by atoms with van der Waals surface area (Å²) in [5.74, 6) is -0.198. The van der Waals surface area contributed by atoms with Gasteiger partial charge < -0.3 is 5.32 Å². The van der Waals surface area contributed by atoms with Crippen LogP contribution in [0.3, 0.4) is 0 Å². The van der Waals surface area contributed by atoms with E-state index >= 15 is 0 Å². The quantitative estimate of drug-likeness (QED) is 0.478. The highest BCUT2D eigenvalue weighted by Crippen LogP contribution is 2.55. The first-order chi connectivity index (χ1) is 16.1. The Morgan fingerprint density at radius 2 is 1.73 bits per heavy atom. The molecule has 1 saturated carbocycles. The first-order valence-electron chi connectivity index (χ1n) is 11.1. The highest BCUT2D eigenvalue weighted by molar-refractivity contribution is 6.26. The number of urea groups is 1. The van der Waals surface area contributed by atoms with E-state index in [1.807, 2.05) is 59.4 Å². The van der Waals surface area contributed by atoms with Gasteiger partial charge in [0.1, 0.15) is 5.54 Å². The summed E-state index contributed by atoms with van der Waals surface area (Å²) >= 11 is 0. The molecule has 2 aliphatic rings. The number of rotatable bonds is 5. The molecule has 164 valence electrons. The van der Waals surface area contributed by atoms with Gasteiger partial charge in [-0.3, -0.25) is 14.5 Å². The Labute approximate surface area is 191 Å². The molecule has 4 aromatic rings. The number of carbonyl (C=O) groups excluding carboxylic acids is 2. The molecule has 2 fully saturated rings. The lowest BCUT2D eigenvalue weighted by molar-refractivity contribution is -0.128. The summed E-state index contributed by atoms with van der Waals surface area (Å²) in [5.41, 5.74) is 0.619. The highest BCUT2D eigenvalue weighted by atomic mass is 16.2. The van der Waals surface area contributed by atoms with E-state index in [0.717, 1.165) is 23.7 Å². The van der Waals surface area contributed by atoms with E-state index in [1.165, 1.54) is 10.5 Å². The van der Waals surface area contributed by atoms with Crippen LogP contribution in [0.4, 0.5) is 10.5 Å². The lowest BCUT2D eigenvalue weighted by Crippen LogP contribution is -2.64. The second kappa shape index (κ2) is 7.27. The number of fused-ring (bicyclic) bond motifs is 1. The number of amides is 3. The van der Waals surface area contributed by atoms with Crippen LogP contribution >= 0.6 is 0 Å². The Morgan fingerprint density at radius 1 is 0.939 bits per heavy atom. The van der Waals surface area contributed by atoms with Crippen molar-refractivity contribution in [2.24, 2.45) is 0 Å². The minimum atomic E-state index is -0.895. The predicted octanol–water partition coefficient (Wildman–Crippen LogP) is 4.05. The molecule has 0 radical (unpaired) electrons. The maximum Gasteiger partial charge on any atom is 0.329 e. The van der Waals surface area contributed by atoms with Crippen molar-refractivity contribution in [1.82, 2.24) is 20.1 Å². The van der Waals surface area contributed by atoms with Gasteiger partial charge in [0.15, 0.2) is 0 Å². The topological polar surface area (TPSA) is 80.1 Å². The third-order valence-corrected chi connectivity index (χ3v) is 7.10. The molecule has 0 bridgehead atoms. The summed E-state index contributed by atoms with van der Waals surface area (Å²) < 4.78 is 1.92. The number of hydrogen-bond donors (Lipinski definition) is 1. The Morgan fingerprint density at radius 3 is 2.52 bits per heavy atom. The molecule has 3 amide bonds. The van der Waals surface area contributed by atoms with E-state index in [4.69, 9.17) is 0 Å². The van der Waals surface area contributed by atoms with Crippen LogP contribution in [0.25, 0.3) is 10.8 Å². The van der Waals surface area contributed by atoms with Crippen LogP contribution in [0.1, 0.15) is 24.8 Å². The Hall–Kier alpha value is -4.00. The zero-order valence-corrected chi connectivity index (χ0v) is 18.0. The number of anilines is 1. The third-order valence-electron chi connectivity index (χ3n) is 7.10. The molecule has 7 nitrogen and oxygen atoms in total. The fraction of sp³-hybridized carbons (Fsp3) is 0.231. The molecule has 1 N–H and O–H groups in total. The standard InChI is InChI=1S/C26H23N5O2/c32-23-26(29-24(33)31(23)22-16-27-15-19-7-4-5-10-21(19)22)17-25(18-26,20-8-2-1-3-9-20)11-14-30-13-6-12-28-30/h1-10,12-13,15-16H,11,14,17-18H2,(H,29,33). The molecule has 2 aromatic heterocycles. The number of carbonyl (C=O) groups is 2. The summed E-state index contributed by atoms with van der Waals surface area (Å²) in [6.07, 6.45) is 9.01. The van der Waals surface area contributed by atoms with Crippen LogP contribution in [-0.4, -0.2) is 32.2 Å². The summed E-state index contributed by atoms with van der Waals surface area (Å²) in [4.78, 5) is 32.3. The smallest absolute Gasteiger partial charge is 0.323 e. The van der Waals surface area contributed by atoms with Crippen molar-refractivity contribution in [2.45, 2.75) is 36.8 Å². The van der Waals surface area contributed by atoms with Crippen LogP contribution < -0.4 is 10.2 Å². The van der Waals surface area contributed by atoms with Gasteiger partial charge in [-0.25, -0.2) is 9.69 Å². The van der Waals surface area contributed by atoms with Crippen molar-refractivity contribution < 1.29 is 9.59 Å². The molecule has 1 saturated heterocycles. The van der Waals surface area contributed by atoms with Gasteiger partial charge >= 0.3 is 6.03 Å². The van der Waals surface area contributed by atoms with Crippen molar-refractivity contribution in [3.05, 3.63) is 91.0 Å². The van der Waals surface area contributed by atoms with E-state index in [2.05, 4.69) is 27.5 Å². The molecule has 6 rings (SSSR count). The van der Waals surface area contributed by atoms with Gasteiger partial charge in [0.25, 0.3) is 5.91 Å². The van der Waals surface area contributed by atoms with E-state index < -0.39 is 5.54 Å². The van der Waals surface area contributed by atoms with Crippen molar-refractivity contribution in [3.8, 4) is 0 Å². The van der Waals surface area contributed by atoms with Crippen LogP contribution in [0.15, 0.2) is 85.5 Å². The average Bonchev–Trinajstić information content (AvgIpc) is 3.43. The van der Waals surface area contributed by atoms with E-state index in [1.54, 1.807) is 18.6 Å². The van der Waals surface area contributed by atoms with Gasteiger partial charge in [-0.05, 0) is 30.9 Å². The Bertz CT molecular complexity index is 1340. The second-order valence-corrected chi connectivity index (χ2v) is 9.05. The molecule has 1 aliphatic carbocycles. The molecule has 1 spiro atoms. The van der Waals surface area contributed by atoms with Crippen LogP contribution in [0.5, 0.6) is 0 Å². The number of pyridine rings is 1. The number of aromatic nitrogens is 3. The first-order valence-corrected chi connectivity index (χ1v) is 11.1. The summed E-state index contributed by atoms with van der Waals surface area (Å²) in [6, 6.07) is 19.5. The summed E-state index contributed by atoms with van der Waals surface area (Å²) in [6.45, 7) is 0.747. The Kier molecular flexibility index (Phi) is 4.33. The molecule has 1 aliphatic heterocycles. The zero-order valence-electron chi connectivity index (χ0n) is 18.0. The van der Waals surface area contributed by atoms with Crippen LogP contribution in [-0.2, 0) is 16.8 Å². The number of hydrogen-bond acceptors (Lipinski definition) is 4. The van der Waals surface area contributed by atoms with Gasteiger partial charge in [-0.1, -0.05) is 54.6 Å². The number of benzene rings is 2. The van der Waals surface area contributed by atoms with Crippen molar-refractivity contribution in [2.75, 3.05) is 4.90 Å². The van der Waals surface area contributed by atoms with Gasteiger partial charge in [0.2, 0.25) is 0 Å². The van der Waals surface area contributed by atoms with E-state index in [-0.39, 0.29) is 17.4 Å². The maximum atomic E-state index is 13.7. The molecular formula is C26H23N5O2. The van der Waals surface area contributed by atoms with E-state index in [0.29, 0.717) is 18.5 Å². The van der Waals surface area contributed by atoms with Gasteiger partial charge in [-0.2, -0.15) is 5.10 Å². The van der Waals surface area contributed by atoms with E-state index in [9.17, 15) is 9.59 Å². The van der Waals surface area contributed by atoms with Crippen LogP contribution in [0.2, 0.25) is 0 Å². The molecule has 33 heavy (non-hydrogen) atoms. The number of nitrogens with one attached hydrogen (secondary N) is 1. The highest BCUT2D eigenvalue weighted by Gasteiger charge is 2.65. The fourth-order valence-corrected chi connectivity index (χ4v) is 5.54. The largest absolute Gasteiger partial charge is 0.329 e. The van der Waals surface area contributed by atoms with Crippen molar-refractivity contribution >= 4 is 28.4 Å². The third kappa shape index (κ3) is 3.03. The fourth-order valence-electron chi connectivity index (χ4n) is 5.54. The summed E-state index contributed by atoms with van der Waals surface area (Å²) in [5, 5.41) is 9.09. The van der Waals surface area contributed by atoms with Crippen molar-refractivity contribution in [1.29, 1.82) is 0 Å². The normalized spacial score (nSPS) is 24.3. The van der Waals surface area contributed by atoms with Gasteiger partial charge in [0, 0.05) is 41.3 Å². The van der Waals surface area contributed by atoms with Gasteiger partial charge in [-0.15, -0.1) is 0 Å². The second-order valence-electron chi connectivity index (χ2n) is 9.05. The summed E-state index contributed by atoms with van der Waals surface area (Å²) in [7, 11) is 0. The minimum Gasteiger partial charge on any atom is -0.323 e. The molecule has 2 aromatic carbocycles. The molecule has 7 heteroatoms. The predicted molar refractivity (Wildman–Crippen MR) is 125 cm³/mol. The van der Waals surface area contributed by atoms with Crippen LogP contribution in [0, 0.1) is 0 Å². The Balaban J connectivity index is 1.33. The van der Waals surface area contributed by atoms with Crippen molar-refractivity contribution in [3.63, 3.8) is 0 Å². The molecule has 0 unspecified atom stereocenters. The lowest BCUT2D eigenvalue weighted by Gasteiger charge is -2.53. The number of nitrogens with zero attached hydrogens (tertiary/aromatic N) is 4. The maximum absolute atomic E-state index is 13.7. The monoisotopic (exact) mass is 437 g/mol. The number of imide groups is 1. The first kappa shape index (κ1) is 19.7. The molecular weight excluding hydrogens is 414 g/mol. The van der Waals surface area contributed by atoms with Gasteiger partial charge in [0.05, 0.1) is 11.9 Å². The molecule has 0 atom stereocenters. The number of aryl methyl sites for hydroxylation is 1. The average molecular weight is 438 g/mol. The zero-order chi connectivity index (χ0) is 22.5. The minimum absolute atomic E-state index is 0.198. The lowest BCUT2D eigenvalue weighted by atomic mass is 9.53. The SMILES string of the molecule is O=C1NC2(CC(CCn3cccn3)(c3ccccc3)C2)C(=O)N1c1cncc2ccccc12.